The van der Waals surface area contributed by atoms with E-state index in [1.807, 2.05) is 0 Å². The van der Waals surface area contributed by atoms with Crippen molar-refractivity contribution >= 4 is 11.6 Å². The van der Waals surface area contributed by atoms with E-state index in [-0.39, 0.29) is 11.2 Å². The molecule has 0 saturated carbocycles. The van der Waals surface area contributed by atoms with E-state index in [9.17, 15) is 4.39 Å². The van der Waals surface area contributed by atoms with E-state index < -0.39 is 0 Å². The molecule has 1 aromatic carbocycles. The highest BCUT2D eigenvalue weighted by atomic mass is 35.5. The van der Waals surface area contributed by atoms with Crippen molar-refractivity contribution in [3.63, 3.8) is 0 Å². The molecule has 0 amide bonds. The van der Waals surface area contributed by atoms with Crippen LogP contribution in [0.25, 0.3) is 0 Å². The second kappa shape index (κ2) is 4.08. The molecule has 0 spiro atoms. The van der Waals surface area contributed by atoms with Gasteiger partial charge in [0.2, 0.25) is 0 Å². The molecule has 0 atom stereocenters. The smallest absolute Gasteiger partial charge is 0.126 e. The largest absolute Gasteiger partial charge is 0.380 e. The number of benzene rings is 1. The van der Waals surface area contributed by atoms with E-state index >= 15 is 0 Å². The molecule has 0 aliphatic carbocycles. The molecule has 0 aromatic heterocycles. The zero-order valence-corrected chi connectivity index (χ0v) is 9.06. The Hall–Kier alpha value is -0.640. The molecule has 0 radical (unpaired) electrons. The van der Waals surface area contributed by atoms with Gasteiger partial charge in [0.15, 0.2) is 0 Å². The monoisotopic (exact) mass is 229 g/mol. The first kappa shape index (κ1) is 10.9. The summed E-state index contributed by atoms with van der Waals surface area (Å²) in [5, 5.41) is 0.554. The first-order chi connectivity index (χ1) is 7.15. The minimum absolute atomic E-state index is 0.0917. The van der Waals surface area contributed by atoms with Gasteiger partial charge < -0.3 is 10.5 Å². The Morgan fingerprint density at radius 1 is 1.47 bits per heavy atom. The third-order valence-corrected chi connectivity index (χ3v) is 3.06. The molecular formula is C11H13ClFNO. The van der Waals surface area contributed by atoms with Crippen molar-refractivity contribution in [2.24, 2.45) is 11.1 Å². The molecule has 1 saturated heterocycles. The van der Waals surface area contributed by atoms with Crippen LogP contribution in [0.1, 0.15) is 5.56 Å². The average Bonchev–Trinajstić information content (AvgIpc) is 2.17. The van der Waals surface area contributed by atoms with Crippen LogP contribution >= 0.6 is 11.6 Å². The van der Waals surface area contributed by atoms with E-state index in [0.29, 0.717) is 36.8 Å². The van der Waals surface area contributed by atoms with Crippen molar-refractivity contribution in [2.75, 3.05) is 19.8 Å². The van der Waals surface area contributed by atoms with Gasteiger partial charge >= 0.3 is 0 Å². The SMILES string of the molecule is NCC1(Cc2cc(Cl)ccc2F)COC1. The predicted molar refractivity (Wildman–Crippen MR) is 57.4 cm³/mol. The average molecular weight is 230 g/mol. The van der Waals surface area contributed by atoms with Gasteiger partial charge in [0.05, 0.1) is 13.2 Å². The molecule has 2 nitrogen and oxygen atoms in total. The van der Waals surface area contributed by atoms with Crippen molar-refractivity contribution < 1.29 is 9.13 Å². The standard InChI is InChI=1S/C11H13ClFNO/c12-9-1-2-10(13)8(3-9)4-11(5-14)6-15-7-11/h1-3H,4-7,14H2. The maximum Gasteiger partial charge on any atom is 0.126 e. The van der Waals surface area contributed by atoms with Crippen LogP contribution in [0.3, 0.4) is 0 Å². The van der Waals surface area contributed by atoms with Gasteiger partial charge in [-0.05, 0) is 30.2 Å². The zero-order chi connectivity index (χ0) is 10.9. The zero-order valence-electron chi connectivity index (χ0n) is 8.30. The summed E-state index contributed by atoms with van der Waals surface area (Å²) in [7, 11) is 0. The van der Waals surface area contributed by atoms with Gasteiger partial charge in [0.1, 0.15) is 5.82 Å². The first-order valence-corrected chi connectivity index (χ1v) is 5.25. The van der Waals surface area contributed by atoms with Crippen LogP contribution in [-0.4, -0.2) is 19.8 Å². The molecule has 0 unspecified atom stereocenters. The minimum atomic E-state index is -0.223. The Labute approximate surface area is 93.2 Å². The van der Waals surface area contributed by atoms with Crippen LogP contribution in [0.4, 0.5) is 4.39 Å². The number of ether oxygens (including phenoxy) is 1. The summed E-state index contributed by atoms with van der Waals surface area (Å²) in [6.07, 6.45) is 0.593. The van der Waals surface area contributed by atoms with Gasteiger partial charge in [0, 0.05) is 17.0 Å². The molecule has 1 aliphatic rings. The molecule has 1 aliphatic heterocycles. The van der Waals surface area contributed by atoms with Crippen molar-refractivity contribution in [1.29, 1.82) is 0 Å². The molecule has 1 aromatic rings. The summed E-state index contributed by atoms with van der Waals surface area (Å²) in [4.78, 5) is 0. The molecule has 0 bridgehead atoms. The van der Waals surface area contributed by atoms with Crippen LogP contribution in [0.5, 0.6) is 0 Å². The van der Waals surface area contributed by atoms with Crippen LogP contribution in [0, 0.1) is 11.2 Å². The summed E-state index contributed by atoms with van der Waals surface area (Å²) >= 11 is 5.82. The summed E-state index contributed by atoms with van der Waals surface area (Å²) in [5.41, 5.74) is 6.20. The van der Waals surface area contributed by atoms with E-state index in [1.165, 1.54) is 6.07 Å². The van der Waals surface area contributed by atoms with E-state index in [1.54, 1.807) is 12.1 Å². The summed E-state index contributed by atoms with van der Waals surface area (Å²) in [6.45, 7) is 1.73. The van der Waals surface area contributed by atoms with Crippen LogP contribution in [-0.2, 0) is 11.2 Å². The third-order valence-electron chi connectivity index (χ3n) is 2.82. The van der Waals surface area contributed by atoms with Crippen molar-refractivity contribution in [3.05, 3.63) is 34.6 Å². The predicted octanol–water partition coefficient (Wildman–Crippen LogP) is 2.00. The van der Waals surface area contributed by atoms with Crippen molar-refractivity contribution in [3.8, 4) is 0 Å². The van der Waals surface area contributed by atoms with Gasteiger partial charge in [-0.2, -0.15) is 0 Å². The maximum absolute atomic E-state index is 13.5. The second-order valence-corrected chi connectivity index (χ2v) is 4.55. The molecule has 82 valence electrons. The Kier molecular flexibility index (Phi) is 2.96. The molecule has 15 heavy (non-hydrogen) atoms. The second-order valence-electron chi connectivity index (χ2n) is 4.11. The molecule has 1 heterocycles. The Balaban J connectivity index is 2.19. The highest BCUT2D eigenvalue weighted by Crippen LogP contribution is 2.32. The van der Waals surface area contributed by atoms with Crippen LogP contribution < -0.4 is 5.73 Å². The van der Waals surface area contributed by atoms with E-state index in [0.717, 1.165) is 0 Å². The minimum Gasteiger partial charge on any atom is -0.380 e. The highest BCUT2D eigenvalue weighted by molar-refractivity contribution is 6.30. The van der Waals surface area contributed by atoms with Gasteiger partial charge in [0.25, 0.3) is 0 Å². The molecule has 1 fully saturated rings. The lowest BCUT2D eigenvalue weighted by molar-refractivity contribution is -0.106. The highest BCUT2D eigenvalue weighted by Gasteiger charge is 2.37. The number of hydrogen-bond donors (Lipinski definition) is 1. The number of nitrogens with two attached hydrogens (primary N) is 1. The molecule has 2 rings (SSSR count). The fourth-order valence-corrected chi connectivity index (χ4v) is 1.96. The molecule has 4 heteroatoms. The maximum atomic E-state index is 13.5. The van der Waals surface area contributed by atoms with E-state index in [4.69, 9.17) is 22.1 Å². The Morgan fingerprint density at radius 2 is 2.20 bits per heavy atom. The van der Waals surface area contributed by atoms with E-state index in [2.05, 4.69) is 0 Å². The van der Waals surface area contributed by atoms with Gasteiger partial charge in [-0.25, -0.2) is 4.39 Å². The Morgan fingerprint density at radius 3 is 2.73 bits per heavy atom. The van der Waals surface area contributed by atoms with Gasteiger partial charge in [-0.1, -0.05) is 11.6 Å². The lowest BCUT2D eigenvalue weighted by Crippen LogP contribution is -2.49. The summed E-state index contributed by atoms with van der Waals surface area (Å²) in [5.74, 6) is -0.223. The van der Waals surface area contributed by atoms with Crippen molar-refractivity contribution in [1.82, 2.24) is 0 Å². The quantitative estimate of drug-likeness (QED) is 0.861. The lowest BCUT2D eigenvalue weighted by atomic mass is 9.80. The first-order valence-electron chi connectivity index (χ1n) is 4.87. The third kappa shape index (κ3) is 2.14. The fraction of sp³-hybridized carbons (Fsp3) is 0.455. The van der Waals surface area contributed by atoms with Gasteiger partial charge in [-0.15, -0.1) is 0 Å². The number of hydrogen-bond acceptors (Lipinski definition) is 2. The number of halogens is 2. The summed E-state index contributed by atoms with van der Waals surface area (Å²) in [6, 6.07) is 4.60. The van der Waals surface area contributed by atoms with Crippen LogP contribution in [0.2, 0.25) is 5.02 Å². The normalized spacial score (nSPS) is 18.6. The van der Waals surface area contributed by atoms with Crippen LogP contribution in [0.15, 0.2) is 18.2 Å². The number of rotatable bonds is 3. The molecule has 2 N–H and O–H groups in total. The Bertz CT molecular complexity index is 360. The summed E-state index contributed by atoms with van der Waals surface area (Å²) < 4.78 is 18.6. The molecular weight excluding hydrogens is 217 g/mol. The van der Waals surface area contributed by atoms with Gasteiger partial charge in [-0.3, -0.25) is 0 Å². The van der Waals surface area contributed by atoms with Crippen molar-refractivity contribution in [2.45, 2.75) is 6.42 Å². The lowest BCUT2D eigenvalue weighted by Gasteiger charge is -2.40. The topological polar surface area (TPSA) is 35.2 Å². The fourth-order valence-electron chi connectivity index (χ4n) is 1.77.